The molecule has 2 saturated carbocycles. The van der Waals surface area contributed by atoms with Crippen LogP contribution in [-0.2, 0) is 4.84 Å². The average Bonchev–Trinajstić information content (AvgIpc) is 3.34. The summed E-state index contributed by atoms with van der Waals surface area (Å²) < 4.78 is 0. The standard InChI is InChI=1S/C17H23NO2/c19-17(15-9-5-2-6-10-15)20-18-16(14-11-12-14)13-7-3-1-4-8-13/h2,5-6,9-10,13-14,16,18H,1,3-4,7-8,11-12H2. The molecule has 1 atom stereocenters. The number of carbonyl (C=O) groups excluding carboxylic acids is 1. The highest BCUT2D eigenvalue weighted by molar-refractivity contribution is 5.89. The number of rotatable bonds is 5. The van der Waals surface area contributed by atoms with E-state index in [1.54, 1.807) is 12.1 Å². The van der Waals surface area contributed by atoms with Gasteiger partial charge in [-0.05, 0) is 49.7 Å². The van der Waals surface area contributed by atoms with E-state index in [-0.39, 0.29) is 5.97 Å². The van der Waals surface area contributed by atoms with Crippen molar-refractivity contribution in [2.75, 3.05) is 0 Å². The molecule has 1 aromatic carbocycles. The van der Waals surface area contributed by atoms with Crippen LogP contribution in [0.25, 0.3) is 0 Å². The fourth-order valence-corrected chi connectivity index (χ4v) is 3.28. The van der Waals surface area contributed by atoms with Gasteiger partial charge in [0.2, 0.25) is 0 Å². The van der Waals surface area contributed by atoms with Crippen molar-refractivity contribution in [3.63, 3.8) is 0 Å². The van der Waals surface area contributed by atoms with Crippen molar-refractivity contribution in [1.29, 1.82) is 0 Å². The zero-order chi connectivity index (χ0) is 13.8. The van der Waals surface area contributed by atoms with E-state index in [1.165, 1.54) is 44.9 Å². The third-order valence-electron chi connectivity index (χ3n) is 4.58. The Hall–Kier alpha value is -1.35. The Kier molecular flexibility index (Phi) is 4.36. The van der Waals surface area contributed by atoms with Crippen LogP contribution in [0.4, 0.5) is 0 Å². The molecule has 0 bridgehead atoms. The molecule has 0 aromatic heterocycles. The van der Waals surface area contributed by atoms with E-state index in [9.17, 15) is 4.79 Å². The van der Waals surface area contributed by atoms with E-state index in [0.29, 0.717) is 23.4 Å². The largest absolute Gasteiger partial charge is 0.366 e. The predicted octanol–water partition coefficient (Wildman–Crippen LogP) is 3.71. The van der Waals surface area contributed by atoms with Crippen LogP contribution in [0.2, 0.25) is 0 Å². The molecule has 0 radical (unpaired) electrons. The zero-order valence-electron chi connectivity index (χ0n) is 11.9. The Bertz CT molecular complexity index is 436. The predicted molar refractivity (Wildman–Crippen MR) is 78.1 cm³/mol. The molecule has 2 aliphatic carbocycles. The van der Waals surface area contributed by atoms with E-state index in [0.717, 1.165) is 0 Å². The van der Waals surface area contributed by atoms with Crippen molar-refractivity contribution >= 4 is 5.97 Å². The molecule has 3 heteroatoms. The molecule has 1 aromatic rings. The van der Waals surface area contributed by atoms with Gasteiger partial charge >= 0.3 is 5.97 Å². The van der Waals surface area contributed by atoms with Gasteiger partial charge in [0, 0.05) is 6.04 Å². The maximum Gasteiger partial charge on any atom is 0.356 e. The molecular weight excluding hydrogens is 250 g/mol. The van der Waals surface area contributed by atoms with Gasteiger partial charge in [0.05, 0.1) is 5.56 Å². The van der Waals surface area contributed by atoms with Gasteiger partial charge < -0.3 is 4.84 Å². The van der Waals surface area contributed by atoms with Crippen molar-refractivity contribution in [2.24, 2.45) is 11.8 Å². The molecule has 2 fully saturated rings. The summed E-state index contributed by atoms with van der Waals surface area (Å²) >= 11 is 0. The van der Waals surface area contributed by atoms with Crippen molar-refractivity contribution < 1.29 is 9.63 Å². The van der Waals surface area contributed by atoms with Crippen LogP contribution in [0.15, 0.2) is 30.3 Å². The minimum Gasteiger partial charge on any atom is -0.366 e. The second kappa shape index (κ2) is 6.40. The first-order chi connectivity index (χ1) is 9.84. The Morgan fingerprint density at radius 3 is 2.30 bits per heavy atom. The van der Waals surface area contributed by atoms with Gasteiger partial charge in [-0.1, -0.05) is 37.5 Å². The molecule has 0 heterocycles. The second-order valence-electron chi connectivity index (χ2n) is 6.13. The number of carbonyl (C=O) groups is 1. The summed E-state index contributed by atoms with van der Waals surface area (Å²) in [6.45, 7) is 0. The topological polar surface area (TPSA) is 38.3 Å². The molecule has 0 amide bonds. The average molecular weight is 273 g/mol. The lowest BCUT2D eigenvalue weighted by atomic mass is 9.82. The molecule has 0 spiro atoms. The minimum absolute atomic E-state index is 0.271. The first kappa shape index (κ1) is 13.6. The number of nitrogens with one attached hydrogen (secondary N) is 1. The highest BCUT2D eigenvalue weighted by Crippen LogP contribution is 2.40. The second-order valence-corrected chi connectivity index (χ2v) is 6.13. The SMILES string of the molecule is O=C(ONC(C1CCCCC1)C1CC1)c1ccccc1. The fourth-order valence-electron chi connectivity index (χ4n) is 3.28. The summed E-state index contributed by atoms with van der Waals surface area (Å²) in [5.41, 5.74) is 3.71. The van der Waals surface area contributed by atoms with Gasteiger partial charge in [0.15, 0.2) is 0 Å². The van der Waals surface area contributed by atoms with Crippen molar-refractivity contribution in [3.8, 4) is 0 Å². The van der Waals surface area contributed by atoms with Crippen LogP contribution < -0.4 is 5.48 Å². The van der Waals surface area contributed by atoms with Crippen molar-refractivity contribution in [2.45, 2.75) is 51.0 Å². The first-order valence-corrected chi connectivity index (χ1v) is 7.86. The summed E-state index contributed by atoms with van der Waals surface area (Å²) in [6, 6.07) is 9.56. The Morgan fingerprint density at radius 1 is 1.00 bits per heavy atom. The van der Waals surface area contributed by atoms with Gasteiger partial charge in [-0.15, -0.1) is 5.48 Å². The van der Waals surface area contributed by atoms with Gasteiger partial charge in [-0.3, -0.25) is 0 Å². The van der Waals surface area contributed by atoms with Crippen LogP contribution in [0.1, 0.15) is 55.3 Å². The number of hydrogen-bond donors (Lipinski definition) is 1. The Labute approximate surface area is 120 Å². The summed E-state index contributed by atoms with van der Waals surface area (Å²) in [7, 11) is 0. The molecule has 1 unspecified atom stereocenters. The maximum absolute atomic E-state index is 12.0. The quantitative estimate of drug-likeness (QED) is 0.831. The lowest BCUT2D eigenvalue weighted by Gasteiger charge is -2.30. The molecule has 20 heavy (non-hydrogen) atoms. The van der Waals surface area contributed by atoms with Crippen LogP contribution in [0.3, 0.4) is 0 Å². The molecule has 3 rings (SSSR count). The zero-order valence-corrected chi connectivity index (χ0v) is 11.9. The number of benzene rings is 1. The fraction of sp³-hybridized carbons (Fsp3) is 0.588. The molecule has 0 saturated heterocycles. The van der Waals surface area contributed by atoms with Gasteiger partial charge in [0.1, 0.15) is 0 Å². The van der Waals surface area contributed by atoms with Crippen molar-refractivity contribution in [1.82, 2.24) is 5.48 Å². The van der Waals surface area contributed by atoms with Crippen molar-refractivity contribution in [3.05, 3.63) is 35.9 Å². The third kappa shape index (κ3) is 3.40. The Balaban J connectivity index is 1.55. The first-order valence-electron chi connectivity index (χ1n) is 7.86. The number of hydrogen-bond acceptors (Lipinski definition) is 3. The van der Waals surface area contributed by atoms with E-state index < -0.39 is 0 Å². The van der Waals surface area contributed by atoms with Gasteiger partial charge in [0.25, 0.3) is 0 Å². The van der Waals surface area contributed by atoms with E-state index >= 15 is 0 Å². The normalized spacial score (nSPS) is 21.4. The van der Waals surface area contributed by atoms with Crippen LogP contribution in [0, 0.1) is 11.8 Å². The van der Waals surface area contributed by atoms with E-state index in [2.05, 4.69) is 5.48 Å². The van der Waals surface area contributed by atoms with Crippen LogP contribution in [0.5, 0.6) is 0 Å². The Morgan fingerprint density at radius 2 is 1.65 bits per heavy atom. The van der Waals surface area contributed by atoms with Gasteiger partial charge in [-0.25, -0.2) is 4.79 Å². The molecule has 1 N–H and O–H groups in total. The number of hydroxylamine groups is 1. The summed E-state index contributed by atoms with van der Waals surface area (Å²) in [6.07, 6.45) is 9.10. The lowest BCUT2D eigenvalue weighted by Crippen LogP contribution is -2.40. The molecule has 0 aliphatic heterocycles. The maximum atomic E-state index is 12.0. The molecule has 2 aliphatic rings. The molecule has 108 valence electrons. The lowest BCUT2D eigenvalue weighted by molar-refractivity contribution is 0.00184. The van der Waals surface area contributed by atoms with Crippen LogP contribution in [-0.4, -0.2) is 12.0 Å². The third-order valence-corrected chi connectivity index (χ3v) is 4.58. The monoisotopic (exact) mass is 273 g/mol. The molecular formula is C17H23NO2. The molecule has 3 nitrogen and oxygen atoms in total. The summed E-state index contributed by atoms with van der Waals surface area (Å²) in [5.74, 6) is 1.12. The minimum atomic E-state index is -0.271. The summed E-state index contributed by atoms with van der Waals surface area (Å²) in [5, 5.41) is 0. The highest BCUT2D eigenvalue weighted by Gasteiger charge is 2.37. The van der Waals surface area contributed by atoms with Gasteiger partial charge in [-0.2, -0.15) is 0 Å². The van der Waals surface area contributed by atoms with E-state index in [1.807, 2.05) is 18.2 Å². The highest BCUT2D eigenvalue weighted by atomic mass is 16.7. The summed E-state index contributed by atoms with van der Waals surface area (Å²) in [4.78, 5) is 17.3. The van der Waals surface area contributed by atoms with Crippen LogP contribution >= 0.6 is 0 Å². The smallest absolute Gasteiger partial charge is 0.356 e. The van der Waals surface area contributed by atoms with E-state index in [4.69, 9.17) is 4.84 Å².